The summed E-state index contributed by atoms with van der Waals surface area (Å²) < 4.78 is 4.90. The third-order valence-electron chi connectivity index (χ3n) is 6.39. The van der Waals surface area contributed by atoms with E-state index in [1.54, 1.807) is 7.05 Å². The van der Waals surface area contributed by atoms with Crippen LogP contribution in [0.2, 0.25) is 0 Å². The first-order valence-electron chi connectivity index (χ1n) is 11.6. The number of benzene rings is 1. The van der Waals surface area contributed by atoms with Gasteiger partial charge in [0.25, 0.3) is 5.56 Å². The molecule has 3 heterocycles. The summed E-state index contributed by atoms with van der Waals surface area (Å²) in [5, 5.41) is 0. The van der Waals surface area contributed by atoms with E-state index >= 15 is 0 Å². The van der Waals surface area contributed by atoms with Crippen molar-refractivity contribution in [3.8, 4) is 0 Å². The Labute approximate surface area is 182 Å². The smallest absolute Gasteiger partial charge is 0.310 e. The number of nitrogens with zero attached hydrogens (tertiary/aromatic N) is 5. The van der Waals surface area contributed by atoms with Crippen molar-refractivity contribution in [3.63, 3.8) is 0 Å². The van der Waals surface area contributed by atoms with Crippen molar-refractivity contribution in [3.05, 3.63) is 50.7 Å². The summed E-state index contributed by atoms with van der Waals surface area (Å²) in [6.45, 7) is 6.26. The van der Waals surface area contributed by atoms with Crippen molar-refractivity contribution >= 4 is 22.8 Å². The number of unbranched alkanes of at least 4 members (excludes halogenated alkanes) is 5. The van der Waals surface area contributed by atoms with Crippen molar-refractivity contribution in [1.82, 2.24) is 18.7 Å². The lowest BCUT2D eigenvalue weighted by atomic mass is 10.1. The van der Waals surface area contributed by atoms with Crippen molar-refractivity contribution < 1.29 is 0 Å². The highest BCUT2D eigenvalue weighted by molar-refractivity contribution is 5.77. The van der Waals surface area contributed by atoms with E-state index in [9.17, 15) is 9.59 Å². The highest BCUT2D eigenvalue weighted by atomic mass is 16.2. The van der Waals surface area contributed by atoms with Gasteiger partial charge in [0, 0.05) is 32.4 Å². The van der Waals surface area contributed by atoms with Crippen LogP contribution in [0, 0.1) is 0 Å². The van der Waals surface area contributed by atoms with Crippen LogP contribution in [0.5, 0.6) is 0 Å². The van der Waals surface area contributed by atoms with E-state index in [0.717, 1.165) is 43.9 Å². The maximum atomic E-state index is 13.3. The molecule has 2 aromatic heterocycles. The van der Waals surface area contributed by atoms with Crippen LogP contribution < -0.4 is 16.1 Å². The highest BCUT2D eigenvalue weighted by Gasteiger charge is 2.28. The summed E-state index contributed by atoms with van der Waals surface area (Å²) in [5.41, 5.74) is 2.87. The lowest BCUT2D eigenvalue weighted by Gasteiger charge is -2.16. The normalized spacial score (nSPS) is 13.3. The lowest BCUT2D eigenvalue weighted by Crippen LogP contribution is -2.39. The molecule has 3 aromatic rings. The highest BCUT2D eigenvalue weighted by Crippen LogP contribution is 2.31. The van der Waals surface area contributed by atoms with Gasteiger partial charge >= 0.3 is 5.69 Å². The van der Waals surface area contributed by atoms with E-state index in [-0.39, 0.29) is 11.2 Å². The molecule has 0 unspecified atom stereocenters. The van der Waals surface area contributed by atoms with Crippen LogP contribution in [0.25, 0.3) is 11.2 Å². The van der Waals surface area contributed by atoms with Crippen molar-refractivity contribution in [1.29, 1.82) is 0 Å². The summed E-state index contributed by atoms with van der Waals surface area (Å²) in [7, 11) is 1.71. The fourth-order valence-electron chi connectivity index (χ4n) is 4.48. The molecule has 0 atom stereocenters. The van der Waals surface area contributed by atoms with Crippen molar-refractivity contribution in [2.24, 2.45) is 7.05 Å². The number of rotatable bonds is 9. The number of hydrogen-bond acceptors (Lipinski definition) is 4. The maximum Gasteiger partial charge on any atom is 0.332 e. The van der Waals surface area contributed by atoms with Gasteiger partial charge in [-0.2, -0.15) is 4.98 Å². The topological polar surface area (TPSA) is 65.1 Å². The molecular formula is C24H33N5O2. The summed E-state index contributed by atoms with van der Waals surface area (Å²) in [6.07, 6.45) is 7.71. The number of aryl methyl sites for hydroxylation is 2. The molecule has 0 bridgehead atoms. The number of hydrogen-bond donors (Lipinski definition) is 0. The second-order valence-electron chi connectivity index (χ2n) is 8.47. The van der Waals surface area contributed by atoms with Gasteiger partial charge in [-0.1, -0.05) is 58.1 Å². The van der Waals surface area contributed by atoms with Crippen LogP contribution in [0.3, 0.4) is 0 Å². The van der Waals surface area contributed by atoms with E-state index in [0.29, 0.717) is 24.3 Å². The molecule has 166 valence electrons. The molecule has 1 aromatic carbocycles. The minimum atomic E-state index is -0.276. The Morgan fingerprint density at radius 2 is 1.65 bits per heavy atom. The fraction of sp³-hybridized carbons (Fsp3) is 0.542. The molecule has 1 aliphatic heterocycles. The molecule has 0 spiro atoms. The van der Waals surface area contributed by atoms with Gasteiger partial charge in [-0.25, -0.2) is 4.79 Å². The van der Waals surface area contributed by atoms with Crippen LogP contribution in [0.15, 0.2) is 33.9 Å². The third kappa shape index (κ3) is 3.93. The van der Waals surface area contributed by atoms with Crippen molar-refractivity contribution in [2.45, 2.75) is 71.9 Å². The van der Waals surface area contributed by atoms with Gasteiger partial charge < -0.3 is 9.47 Å². The molecule has 0 amide bonds. The van der Waals surface area contributed by atoms with Crippen LogP contribution >= 0.6 is 0 Å². The van der Waals surface area contributed by atoms with Gasteiger partial charge in [0.1, 0.15) is 0 Å². The molecular weight excluding hydrogens is 390 g/mol. The number of imidazole rings is 1. The fourth-order valence-corrected chi connectivity index (χ4v) is 4.48. The van der Waals surface area contributed by atoms with Gasteiger partial charge in [0.05, 0.1) is 0 Å². The molecule has 0 radical (unpaired) electrons. The van der Waals surface area contributed by atoms with Gasteiger partial charge in [0.15, 0.2) is 11.2 Å². The molecule has 1 aliphatic rings. The summed E-state index contributed by atoms with van der Waals surface area (Å²) >= 11 is 0. The first-order valence-corrected chi connectivity index (χ1v) is 11.6. The minimum Gasteiger partial charge on any atom is -0.310 e. The Hall–Kier alpha value is -2.83. The zero-order valence-corrected chi connectivity index (χ0v) is 18.9. The largest absolute Gasteiger partial charge is 0.332 e. The van der Waals surface area contributed by atoms with Gasteiger partial charge in [-0.15, -0.1) is 0 Å². The van der Waals surface area contributed by atoms with E-state index < -0.39 is 0 Å². The van der Waals surface area contributed by atoms with E-state index in [1.165, 1.54) is 34.0 Å². The summed E-state index contributed by atoms with van der Waals surface area (Å²) in [4.78, 5) is 33.0. The third-order valence-corrected chi connectivity index (χ3v) is 6.39. The molecule has 31 heavy (non-hydrogen) atoms. The monoisotopic (exact) mass is 423 g/mol. The molecule has 4 rings (SSSR count). The van der Waals surface area contributed by atoms with Gasteiger partial charge in [-0.3, -0.25) is 13.9 Å². The molecule has 0 saturated carbocycles. The number of fused-ring (bicyclic) bond motifs is 3. The molecule has 7 heteroatoms. The summed E-state index contributed by atoms with van der Waals surface area (Å²) in [5.74, 6) is 0.740. The van der Waals surface area contributed by atoms with E-state index in [1.807, 2.05) is 4.57 Å². The molecule has 0 fully saturated rings. The van der Waals surface area contributed by atoms with Crippen LogP contribution in [-0.2, 0) is 26.6 Å². The Morgan fingerprint density at radius 3 is 2.35 bits per heavy atom. The predicted octanol–water partition coefficient (Wildman–Crippen LogP) is 3.97. The standard InChI is InChI=1S/C24H33N5O2/c1-4-6-7-8-9-10-15-29-22(30)20-21(26(3)24(29)31)25-23-27(16-17-28(20)23)19-13-11-18(5-2)12-14-19/h11-14H,4-10,15-17H2,1-3H3. The maximum absolute atomic E-state index is 13.3. The minimum absolute atomic E-state index is 0.214. The average Bonchev–Trinajstić information content (AvgIpc) is 3.36. The van der Waals surface area contributed by atoms with Crippen LogP contribution in [-0.4, -0.2) is 25.2 Å². The molecule has 0 aliphatic carbocycles. The Bertz CT molecular complexity index is 1170. The lowest BCUT2D eigenvalue weighted by molar-refractivity contribution is 0.526. The first kappa shape index (κ1) is 21.4. The first-order chi connectivity index (χ1) is 15.1. The van der Waals surface area contributed by atoms with Gasteiger partial charge in [-0.05, 0) is 30.5 Å². The van der Waals surface area contributed by atoms with E-state index in [4.69, 9.17) is 4.98 Å². The number of aromatic nitrogens is 4. The quantitative estimate of drug-likeness (QED) is 0.489. The second kappa shape index (κ2) is 9.12. The molecule has 0 N–H and O–H groups in total. The van der Waals surface area contributed by atoms with E-state index in [2.05, 4.69) is 43.0 Å². The van der Waals surface area contributed by atoms with Crippen LogP contribution in [0.1, 0.15) is 57.9 Å². The SMILES string of the molecule is CCCCCCCCn1c(=O)c2c(nc3n2CCN3c2ccc(CC)cc2)n(C)c1=O. The predicted molar refractivity (Wildman–Crippen MR) is 125 cm³/mol. The zero-order chi connectivity index (χ0) is 22.0. The second-order valence-corrected chi connectivity index (χ2v) is 8.47. The Balaban J connectivity index is 1.65. The Morgan fingerprint density at radius 1 is 0.935 bits per heavy atom. The molecule has 0 saturated heterocycles. The van der Waals surface area contributed by atoms with Crippen LogP contribution in [0.4, 0.5) is 11.6 Å². The average molecular weight is 424 g/mol. The molecule has 7 nitrogen and oxygen atoms in total. The van der Waals surface area contributed by atoms with Crippen molar-refractivity contribution in [2.75, 3.05) is 11.4 Å². The zero-order valence-electron chi connectivity index (χ0n) is 18.9. The van der Waals surface area contributed by atoms with Gasteiger partial charge in [0.2, 0.25) is 5.95 Å². The Kier molecular flexibility index (Phi) is 6.30. The number of anilines is 2. The summed E-state index contributed by atoms with van der Waals surface area (Å²) in [6, 6.07) is 8.46.